The second-order valence-corrected chi connectivity index (χ2v) is 5.82. The lowest BCUT2D eigenvalue weighted by molar-refractivity contribution is -0.384. The molecule has 0 aliphatic heterocycles. The van der Waals surface area contributed by atoms with Crippen molar-refractivity contribution in [3.63, 3.8) is 0 Å². The summed E-state index contributed by atoms with van der Waals surface area (Å²) in [5.74, 6) is 0.111. The first-order valence-electron chi connectivity index (χ1n) is 5.69. The number of rotatable bonds is 7. The Kier molecular flexibility index (Phi) is 5.25. The summed E-state index contributed by atoms with van der Waals surface area (Å²) in [5, 5.41) is 15.4. The van der Waals surface area contributed by atoms with Crippen LogP contribution in [-0.4, -0.2) is 25.7 Å². The number of non-ortho nitro benzene ring substituents is 1. The first-order valence-corrected chi connectivity index (χ1v) is 7.41. The highest BCUT2D eigenvalue weighted by molar-refractivity contribution is 7.89. The van der Waals surface area contributed by atoms with Crippen molar-refractivity contribution in [3.05, 3.63) is 34.4 Å². The zero-order valence-electron chi connectivity index (χ0n) is 10.5. The van der Waals surface area contributed by atoms with Gasteiger partial charge < -0.3 is 4.74 Å². The minimum atomic E-state index is -3.53. The van der Waals surface area contributed by atoms with Crippen LogP contribution in [0.2, 0.25) is 0 Å². The van der Waals surface area contributed by atoms with Crippen molar-refractivity contribution in [2.45, 2.75) is 13.3 Å². The number of primary sulfonamides is 1. The van der Waals surface area contributed by atoms with E-state index in [1.54, 1.807) is 0 Å². The summed E-state index contributed by atoms with van der Waals surface area (Å²) >= 11 is 0. The molecule has 0 aliphatic carbocycles. The number of nitrogens with two attached hydrogens (primary N) is 1. The molecule has 0 amide bonds. The van der Waals surface area contributed by atoms with E-state index in [1.165, 1.54) is 24.3 Å². The molecule has 19 heavy (non-hydrogen) atoms. The van der Waals surface area contributed by atoms with Crippen molar-refractivity contribution < 1.29 is 18.1 Å². The van der Waals surface area contributed by atoms with E-state index in [2.05, 4.69) is 0 Å². The highest BCUT2D eigenvalue weighted by Gasteiger charge is 2.15. The number of hydrogen-bond donors (Lipinski definition) is 1. The molecule has 0 fully saturated rings. The minimum absolute atomic E-state index is 0.0241. The molecule has 2 N–H and O–H groups in total. The molecule has 1 rings (SSSR count). The molecule has 1 aromatic rings. The summed E-state index contributed by atoms with van der Waals surface area (Å²) in [5.41, 5.74) is -0.0241. The first kappa shape index (κ1) is 15.4. The van der Waals surface area contributed by atoms with Crippen molar-refractivity contribution in [2.75, 3.05) is 12.4 Å². The van der Waals surface area contributed by atoms with E-state index in [1.807, 2.05) is 6.92 Å². The number of sulfonamides is 1. The fourth-order valence-electron chi connectivity index (χ4n) is 1.49. The van der Waals surface area contributed by atoms with Crippen LogP contribution in [0.25, 0.3) is 0 Å². The van der Waals surface area contributed by atoms with E-state index in [0.717, 1.165) is 0 Å². The summed E-state index contributed by atoms with van der Waals surface area (Å²) in [6.07, 6.45) is 0.614. The van der Waals surface area contributed by atoms with Crippen LogP contribution in [0.5, 0.6) is 5.75 Å². The molecule has 106 valence electrons. The van der Waals surface area contributed by atoms with Crippen LogP contribution in [0.4, 0.5) is 5.69 Å². The maximum atomic E-state index is 11.0. The number of nitro groups is 1. The van der Waals surface area contributed by atoms with Gasteiger partial charge in [-0.05, 0) is 18.6 Å². The normalized spacial score (nSPS) is 12.9. The maximum absolute atomic E-state index is 11.0. The average molecular weight is 288 g/mol. The van der Waals surface area contributed by atoms with Gasteiger partial charge in [0.2, 0.25) is 10.0 Å². The lowest BCUT2D eigenvalue weighted by atomic mass is 10.1. The molecule has 0 saturated carbocycles. The zero-order valence-corrected chi connectivity index (χ0v) is 11.3. The van der Waals surface area contributed by atoms with E-state index in [9.17, 15) is 18.5 Å². The van der Waals surface area contributed by atoms with Gasteiger partial charge in [-0.1, -0.05) is 6.92 Å². The molecule has 0 spiro atoms. The van der Waals surface area contributed by atoms with Crippen molar-refractivity contribution in [1.29, 1.82) is 0 Å². The van der Waals surface area contributed by atoms with Crippen LogP contribution in [0, 0.1) is 16.0 Å². The van der Waals surface area contributed by atoms with Crippen molar-refractivity contribution in [2.24, 2.45) is 11.1 Å². The Morgan fingerprint density at radius 2 is 1.95 bits per heavy atom. The quantitative estimate of drug-likeness (QED) is 0.600. The Balaban J connectivity index is 2.57. The van der Waals surface area contributed by atoms with Gasteiger partial charge in [0, 0.05) is 18.1 Å². The largest absolute Gasteiger partial charge is 0.493 e. The fraction of sp³-hybridized carbons (Fsp3) is 0.455. The standard InChI is InChI=1S/C11H16N2O5S/c1-2-9(8-19(12,16)17)7-18-11-5-3-10(4-6-11)13(14)15/h3-6,9H,2,7-8H2,1H3,(H2,12,16,17). The Labute approximate surface area is 111 Å². The third kappa shape index (κ3) is 5.66. The molecule has 1 atom stereocenters. The summed E-state index contributed by atoms with van der Waals surface area (Å²) in [6.45, 7) is 2.04. The summed E-state index contributed by atoms with van der Waals surface area (Å²) < 4.78 is 27.4. The molecular formula is C11H16N2O5S. The van der Waals surface area contributed by atoms with Crippen LogP contribution in [-0.2, 0) is 10.0 Å². The monoisotopic (exact) mass is 288 g/mol. The van der Waals surface area contributed by atoms with Gasteiger partial charge >= 0.3 is 0 Å². The Morgan fingerprint density at radius 1 is 1.37 bits per heavy atom. The molecule has 0 aliphatic rings. The van der Waals surface area contributed by atoms with E-state index < -0.39 is 14.9 Å². The predicted octanol–water partition coefficient (Wildman–Crippen LogP) is 1.29. The molecular weight excluding hydrogens is 272 g/mol. The van der Waals surface area contributed by atoms with E-state index in [4.69, 9.17) is 9.88 Å². The molecule has 0 bridgehead atoms. The lowest BCUT2D eigenvalue weighted by Gasteiger charge is -2.14. The summed E-state index contributed by atoms with van der Waals surface area (Å²) in [6, 6.07) is 5.61. The Hall–Kier alpha value is -1.67. The molecule has 0 heterocycles. The van der Waals surface area contributed by atoms with Gasteiger partial charge in [0.05, 0.1) is 17.3 Å². The SMILES string of the molecule is CCC(COc1ccc([N+](=O)[O-])cc1)CS(N)(=O)=O. The van der Waals surface area contributed by atoms with Crippen molar-refractivity contribution in [3.8, 4) is 5.75 Å². The van der Waals surface area contributed by atoms with Gasteiger partial charge in [0.15, 0.2) is 0 Å². The summed E-state index contributed by atoms with van der Waals surface area (Å²) in [7, 11) is -3.53. The van der Waals surface area contributed by atoms with Gasteiger partial charge in [0.25, 0.3) is 5.69 Å². The van der Waals surface area contributed by atoms with E-state index in [0.29, 0.717) is 12.2 Å². The molecule has 0 aromatic heterocycles. The van der Waals surface area contributed by atoms with Gasteiger partial charge in [-0.15, -0.1) is 0 Å². The molecule has 1 aromatic carbocycles. The number of hydrogen-bond acceptors (Lipinski definition) is 5. The Bertz CT molecular complexity index is 527. The molecule has 0 radical (unpaired) electrons. The number of benzene rings is 1. The van der Waals surface area contributed by atoms with Gasteiger partial charge in [-0.25, -0.2) is 13.6 Å². The van der Waals surface area contributed by atoms with Crippen LogP contribution < -0.4 is 9.88 Å². The predicted molar refractivity (Wildman–Crippen MR) is 70.3 cm³/mol. The van der Waals surface area contributed by atoms with E-state index >= 15 is 0 Å². The summed E-state index contributed by atoms with van der Waals surface area (Å²) in [4.78, 5) is 9.97. The zero-order chi connectivity index (χ0) is 14.5. The van der Waals surface area contributed by atoms with Crippen LogP contribution in [0.1, 0.15) is 13.3 Å². The number of ether oxygens (including phenoxy) is 1. The third-order valence-corrected chi connectivity index (χ3v) is 3.51. The Morgan fingerprint density at radius 3 is 2.37 bits per heavy atom. The number of nitro benzene ring substituents is 1. The smallest absolute Gasteiger partial charge is 0.269 e. The van der Waals surface area contributed by atoms with Gasteiger partial charge in [0.1, 0.15) is 5.75 Å². The van der Waals surface area contributed by atoms with Crippen molar-refractivity contribution >= 4 is 15.7 Å². The second-order valence-electron chi connectivity index (χ2n) is 4.17. The van der Waals surface area contributed by atoms with Gasteiger partial charge in [-0.2, -0.15) is 0 Å². The highest BCUT2D eigenvalue weighted by atomic mass is 32.2. The molecule has 0 saturated heterocycles. The van der Waals surface area contributed by atoms with Crippen LogP contribution >= 0.6 is 0 Å². The van der Waals surface area contributed by atoms with Gasteiger partial charge in [-0.3, -0.25) is 10.1 Å². The average Bonchev–Trinajstić information content (AvgIpc) is 2.33. The number of nitrogens with zero attached hydrogens (tertiary/aromatic N) is 1. The fourth-order valence-corrected chi connectivity index (χ4v) is 2.48. The maximum Gasteiger partial charge on any atom is 0.269 e. The lowest BCUT2D eigenvalue weighted by Crippen LogP contribution is -2.26. The molecule has 1 unspecified atom stereocenters. The first-order chi connectivity index (χ1) is 8.81. The topological polar surface area (TPSA) is 113 Å². The third-order valence-electron chi connectivity index (χ3n) is 2.58. The van der Waals surface area contributed by atoms with Crippen LogP contribution in [0.15, 0.2) is 24.3 Å². The molecule has 8 heteroatoms. The highest BCUT2D eigenvalue weighted by Crippen LogP contribution is 2.18. The van der Waals surface area contributed by atoms with Crippen LogP contribution in [0.3, 0.4) is 0 Å². The second kappa shape index (κ2) is 6.48. The molecule has 7 nitrogen and oxygen atoms in total. The van der Waals surface area contributed by atoms with Crippen molar-refractivity contribution in [1.82, 2.24) is 0 Å². The minimum Gasteiger partial charge on any atom is -0.493 e. The van der Waals surface area contributed by atoms with E-state index in [-0.39, 0.29) is 24.0 Å².